The van der Waals surface area contributed by atoms with Gasteiger partial charge >= 0.3 is 17.9 Å². The summed E-state index contributed by atoms with van der Waals surface area (Å²) in [5.41, 5.74) is 0.940. The standard InChI is InChI=1S/C18H30O6/c1-5-17(24-15(4)20)13(2)11-12-16(23-14(3)19)9-7-6-8-10-18(21)22/h11,16-17H,5-10,12H2,1-4H3,(H,21,22)/b13-11+. The Morgan fingerprint density at radius 1 is 1.00 bits per heavy atom. The van der Waals surface area contributed by atoms with Gasteiger partial charge in [0.15, 0.2) is 0 Å². The summed E-state index contributed by atoms with van der Waals surface area (Å²) >= 11 is 0. The van der Waals surface area contributed by atoms with Crippen molar-refractivity contribution in [3.8, 4) is 0 Å². The van der Waals surface area contributed by atoms with E-state index >= 15 is 0 Å². The number of hydrogen-bond acceptors (Lipinski definition) is 5. The van der Waals surface area contributed by atoms with E-state index in [0.717, 1.165) is 18.4 Å². The highest BCUT2D eigenvalue weighted by molar-refractivity contribution is 5.67. The third-order valence-electron chi connectivity index (χ3n) is 3.64. The summed E-state index contributed by atoms with van der Waals surface area (Å²) in [5, 5.41) is 8.61. The van der Waals surface area contributed by atoms with Crippen molar-refractivity contribution in [3.05, 3.63) is 11.6 Å². The van der Waals surface area contributed by atoms with Crippen molar-refractivity contribution in [2.75, 3.05) is 0 Å². The molecule has 1 N–H and O–H groups in total. The van der Waals surface area contributed by atoms with Gasteiger partial charge in [0, 0.05) is 26.7 Å². The minimum absolute atomic E-state index is 0.164. The van der Waals surface area contributed by atoms with Crippen molar-refractivity contribution in [1.29, 1.82) is 0 Å². The number of carboxylic acids is 1. The van der Waals surface area contributed by atoms with Crippen LogP contribution < -0.4 is 0 Å². The number of carbonyl (C=O) groups is 3. The number of unbranched alkanes of at least 4 members (excludes halogenated alkanes) is 2. The molecule has 0 spiro atoms. The molecule has 2 atom stereocenters. The number of carbonyl (C=O) groups excluding carboxylic acids is 2. The fraction of sp³-hybridized carbons (Fsp3) is 0.722. The Morgan fingerprint density at radius 2 is 1.62 bits per heavy atom. The Morgan fingerprint density at radius 3 is 2.12 bits per heavy atom. The molecule has 0 aromatic heterocycles. The monoisotopic (exact) mass is 342 g/mol. The summed E-state index contributed by atoms with van der Waals surface area (Å²) in [6, 6.07) is 0. The predicted octanol–water partition coefficient (Wildman–Crippen LogP) is 3.63. The Labute approximate surface area is 144 Å². The number of hydrogen-bond donors (Lipinski definition) is 1. The highest BCUT2D eigenvalue weighted by atomic mass is 16.5. The fourth-order valence-corrected chi connectivity index (χ4v) is 2.43. The van der Waals surface area contributed by atoms with E-state index in [-0.39, 0.29) is 30.6 Å². The Kier molecular flexibility index (Phi) is 11.6. The van der Waals surface area contributed by atoms with Crippen molar-refractivity contribution in [1.82, 2.24) is 0 Å². The van der Waals surface area contributed by atoms with E-state index in [1.807, 2.05) is 19.9 Å². The van der Waals surface area contributed by atoms with Crippen molar-refractivity contribution in [2.45, 2.75) is 84.8 Å². The molecule has 0 saturated carbocycles. The van der Waals surface area contributed by atoms with E-state index in [1.165, 1.54) is 13.8 Å². The summed E-state index contributed by atoms with van der Waals surface area (Å²) in [6.07, 6.45) is 5.77. The maximum atomic E-state index is 11.2. The number of rotatable bonds is 12. The Hall–Kier alpha value is -1.85. The molecule has 0 heterocycles. The lowest BCUT2D eigenvalue weighted by atomic mass is 10.0. The summed E-state index contributed by atoms with van der Waals surface area (Å²) in [4.78, 5) is 32.8. The van der Waals surface area contributed by atoms with E-state index < -0.39 is 5.97 Å². The van der Waals surface area contributed by atoms with Gasteiger partial charge in [-0.05, 0) is 38.2 Å². The smallest absolute Gasteiger partial charge is 0.303 e. The average Bonchev–Trinajstić information content (AvgIpc) is 2.48. The summed E-state index contributed by atoms with van der Waals surface area (Å²) in [5.74, 6) is -1.44. The van der Waals surface area contributed by atoms with Crippen LogP contribution in [0.15, 0.2) is 11.6 Å². The number of ether oxygens (including phenoxy) is 2. The SMILES string of the molecule is CCC(OC(C)=O)/C(C)=C/CC(CCCCCC(=O)O)OC(C)=O. The van der Waals surface area contributed by atoms with Gasteiger partial charge < -0.3 is 14.6 Å². The van der Waals surface area contributed by atoms with Crippen molar-refractivity contribution in [3.63, 3.8) is 0 Å². The minimum Gasteiger partial charge on any atom is -0.481 e. The molecule has 0 aromatic rings. The largest absolute Gasteiger partial charge is 0.481 e. The van der Waals surface area contributed by atoms with Gasteiger partial charge in [0.25, 0.3) is 0 Å². The molecule has 0 rings (SSSR count). The van der Waals surface area contributed by atoms with Gasteiger partial charge in [-0.15, -0.1) is 0 Å². The summed E-state index contributed by atoms with van der Waals surface area (Å²) in [7, 11) is 0. The normalized spacial score (nSPS) is 13.9. The highest BCUT2D eigenvalue weighted by Crippen LogP contribution is 2.16. The molecule has 0 bridgehead atoms. The van der Waals surface area contributed by atoms with Gasteiger partial charge in [0.1, 0.15) is 12.2 Å². The van der Waals surface area contributed by atoms with Gasteiger partial charge in [0.2, 0.25) is 0 Å². The van der Waals surface area contributed by atoms with Crippen molar-refractivity contribution >= 4 is 17.9 Å². The lowest BCUT2D eigenvalue weighted by molar-refractivity contribution is -0.146. The zero-order chi connectivity index (χ0) is 18.5. The van der Waals surface area contributed by atoms with Crippen molar-refractivity contribution in [2.24, 2.45) is 0 Å². The van der Waals surface area contributed by atoms with E-state index in [9.17, 15) is 14.4 Å². The molecule has 0 aromatic carbocycles. The molecule has 0 aliphatic carbocycles. The van der Waals surface area contributed by atoms with Crippen LogP contribution in [0.3, 0.4) is 0 Å². The van der Waals surface area contributed by atoms with Crippen LogP contribution in [-0.4, -0.2) is 35.2 Å². The van der Waals surface area contributed by atoms with Crippen LogP contribution in [0, 0.1) is 0 Å². The number of esters is 2. The summed E-state index contributed by atoms with van der Waals surface area (Å²) < 4.78 is 10.6. The van der Waals surface area contributed by atoms with Crippen LogP contribution >= 0.6 is 0 Å². The van der Waals surface area contributed by atoms with E-state index in [1.54, 1.807) is 0 Å². The Bertz CT molecular complexity index is 441. The average molecular weight is 342 g/mol. The van der Waals surface area contributed by atoms with Gasteiger partial charge in [-0.25, -0.2) is 0 Å². The molecular formula is C18H30O6. The molecule has 24 heavy (non-hydrogen) atoms. The molecule has 138 valence electrons. The molecule has 2 unspecified atom stereocenters. The zero-order valence-electron chi connectivity index (χ0n) is 15.2. The number of aliphatic carboxylic acids is 1. The topological polar surface area (TPSA) is 89.9 Å². The van der Waals surface area contributed by atoms with Crippen LogP contribution in [-0.2, 0) is 23.9 Å². The van der Waals surface area contributed by atoms with Gasteiger partial charge in [-0.1, -0.05) is 19.4 Å². The van der Waals surface area contributed by atoms with E-state index in [0.29, 0.717) is 25.7 Å². The second-order valence-corrected chi connectivity index (χ2v) is 5.91. The first-order valence-electron chi connectivity index (χ1n) is 8.49. The van der Waals surface area contributed by atoms with E-state index in [4.69, 9.17) is 14.6 Å². The fourth-order valence-electron chi connectivity index (χ4n) is 2.43. The van der Waals surface area contributed by atoms with Gasteiger partial charge in [-0.2, -0.15) is 0 Å². The summed E-state index contributed by atoms with van der Waals surface area (Å²) in [6.45, 7) is 6.60. The first-order chi connectivity index (χ1) is 11.3. The molecule has 0 aliphatic rings. The first-order valence-corrected chi connectivity index (χ1v) is 8.49. The molecular weight excluding hydrogens is 312 g/mol. The molecule has 0 aliphatic heterocycles. The van der Waals surface area contributed by atoms with Gasteiger partial charge in [-0.3, -0.25) is 14.4 Å². The molecule has 0 fully saturated rings. The van der Waals surface area contributed by atoms with Crippen molar-refractivity contribution < 1.29 is 29.0 Å². The third kappa shape index (κ3) is 11.7. The molecule has 6 nitrogen and oxygen atoms in total. The quantitative estimate of drug-likeness (QED) is 0.331. The van der Waals surface area contributed by atoms with Gasteiger partial charge in [0.05, 0.1) is 0 Å². The minimum atomic E-state index is -0.791. The lowest BCUT2D eigenvalue weighted by Crippen LogP contribution is -2.19. The molecule has 0 saturated heterocycles. The van der Waals surface area contributed by atoms with Crippen LogP contribution in [0.2, 0.25) is 0 Å². The maximum absolute atomic E-state index is 11.2. The van der Waals surface area contributed by atoms with Crippen LogP contribution in [0.1, 0.15) is 72.6 Å². The first kappa shape index (κ1) is 22.1. The molecule has 0 radical (unpaired) electrons. The van der Waals surface area contributed by atoms with Crippen LogP contribution in [0.4, 0.5) is 0 Å². The maximum Gasteiger partial charge on any atom is 0.303 e. The Balaban J connectivity index is 4.48. The second-order valence-electron chi connectivity index (χ2n) is 5.91. The molecule has 6 heteroatoms. The van der Waals surface area contributed by atoms with Crippen LogP contribution in [0.25, 0.3) is 0 Å². The predicted molar refractivity (Wildman–Crippen MR) is 90.5 cm³/mol. The number of carboxylic acid groups (broad SMARTS) is 1. The zero-order valence-corrected chi connectivity index (χ0v) is 15.2. The van der Waals surface area contributed by atoms with E-state index in [2.05, 4.69) is 0 Å². The van der Waals surface area contributed by atoms with Crippen LogP contribution in [0.5, 0.6) is 0 Å². The molecule has 0 amide bonds. The second kappa shape index (κ2) is 12.6. The highest BCUT2D eigenvalue weighted by Gasteiger charge is 2.14. The lowest BCUT2D eigenvalue weighted by Gasteiger charge is -2.18. The third-order valence-corrected chi connectivity index (χ3v) is 3.64.